The zero-order valence-electron chi connectivity index (χ0n) is 13.4. The lowest BCUT2D eigenvalue weighted by Gasteiger charge is -2.07. The van der Waals surface area contributed by atoms with E-state index < -0.39 is 11.9 Å². The number of imide groups is 1. The van der Waals surface area contributed by atoms with Crippen molar-refractivity contribution in [3.05, 3.63) is 45.3 Å². The molecule has 3 rings (SSSR count). The maximum absolute atomic E-state index is 12.3. The van der Waals surface area contributed by atoms with E-state index in [2.05, 4.69) is 20.7 Å². The first-order chi connectivity index (χ1) is 12.0. The van der Waals surface area contributed by atoms with Crippen molar-refractivity contribution in [2.45, 2.75) is 13.0 Å². The highest BCUT2D eigenvalue weighted by Gasteiger charge is 2.12. The number of nitrogens with one attached hydrogen (secondary N) is 2. The second-order valence-electron chi connectivity index (χ2n) is 5.32. The minimum Gasteiger partial charge on any atom is -0.337 e. The molecule has 3 amide bonds. The number of hydrogen-bond acceptors (Lipinski definition) is 6. The minimum atomic E-state index is -0.597. The number of rotatable bonds is 5. The molecule has 3 aromatic heterocycles. The number of carbonyl (C=O) groups excluding carboxylic acids is 2. The predicted octanol–water partition coefficient (Wildman–Crippen LogP) is 0.260. The van der Waals surface area contributed by atoms with Gasteiger partial charge < -0.3 is 5.32 Å². The number of aryl methyl sites for hydroxylation is 1. The Balaban J connectivity index is 1.54. The van der Waals surface area contributed by atoms with E-state index in [1.807, 2.05) is 17.5 Å². The summed E-state index contributed by atoms with van der Waals surface area (Å²) in [6.07, 6.45) is 3.36. The molecule has 0 aliphatic carbocycles. The fraction of sp³-hybridized carbons (Fsp3) is 0.267. The topological polar surface area (TPSA) is 111 Å². The van der Waals surface area contributed by atoms with Gasteiger partial charge in [0.05, 0.1) is 6.20 Å². The van der Waals surface area contributed by atoms with Gasteiger partial charge in [0.2, 0.25) is 5.91 Å². The molecular formula is C15H16N6O3S. The first-order valence-electron chi connectivity index (χ1n) is 7.52. The average molecular weight is 360 g/mol. The molecule has 10 heteroatoms. The summed E-state index contributed by atoms with van der Waals surface area (Å²) in [4.78, 5) is 41.1. The molecule has 0 unspecified atom stereocenters. The molecular weight excluding hydrogens is 344 g/mol. The van der Waals surface area contributed by atoms with E-state index in [0.29, 0.717) is 24.0 Å². The van der Waals surface area contributed by atoms with Crippen LogP contribution in [-0.2, 0) is 24.8 Å². The Labute approximate surface area is 146 Å². The van der Waals surface area contributed by atoms with Crippen molar-refractivity contribution < 1.29 is 9.59 Å². The van der Waals surface area contributed by atoms with E-state index in [1.54, 1.807) is 18.4 Å². The lowest BCUT2D eigenvalue weighted by Crippen LogP contribution is -2.42. The number of urea groups is 1. The van der Waals surface area contributed by atoms with Gasteiger partial charge in [-0.2, -0.15) is 5.10 Å². The zero-order valence-corrected chi connectivity index (χ0v) is 14.2. The van der Waals surface area contributed by atoms with Gasteiger partial charge in [0.25, 0.3) is 5.56 Å². The number of thiophene rings is 1. The average Bonchev–Trinajstić information content (AvgIpc) is 3.20. The summed E-state index contributed by atoms with van der Waals surface area (Å²) in [5.41, 5.74) is 0.0549. The summed E-state index contributed by atoms with van der Waals surface area (Å²) in [6, 6.07) is 3.32. The SMILES string of the molecule is Cn1ncc2c(=O)n(CC(=O)NC(=O)NCCc3cccs3)cnc21. The fourth-order valence-electron chi connectivity index (χ4n) is 2.30. The molecule has 0 fully saturated rings. The molecule has 0 spiro atoms. The first kappa shape index (κ1) is 16.8. The van der Waals surface area contributed by atoms with Gasteiger partial charge in [0, 0.05) is 18.5 Å². The zero-order chi connectivity index (χ0) is 17.8. The highest BCUT2D eigenvalue weighted by molar-refractivity contribution is 7.09. The fourth-order valence-corrected chi connectivity index (χ4v) is 3.01. The van der Waals surface area contributed by atoms with Crippen LogP contribution < -0.4 is 16.2 Å². The molecule has 0 aromatic carbocycles. The van der Waals surface area contributed by atoms with Crippen LogP contribution in [0.1, 0.15) is 4.88 Å². The van der Waals surface area contributed by atoms with Crippen molar-refractivity contribution in [3.63, 3.8) is 0 Å². The van der Waals surface area contributed by atoms with E-state index in [1.165, 1.54) is 17.2 Å². The Morgan fingerprint density at radius 3 is 2.96 bits per heavy atom. The van der Waals surface area contributed by atoms with Crippen LogP contribution in [0.25, 0.3) is 11.0 Å². The molecule has 0 saturated heterocycles. The third-order valence-corrected chi connectivity index (χ3v) is 4.46. The van der Waals surface area contributed by atoms with E-state index in [-0.39, 0.29) is 12.1 Å². The van der Waals surface area contributed by atoms with Crippen molar-refractivity contribution in [1.82, 2.24) is 30.0 Å². The Kier molecular flexibility index (Phi) is 4.89. The second kappa shape index (κ2) is 7.26. The Hall–Kier alpha value is -3.01. The summed E-state index contributed by atoms with van der Waals surface area (Å²) in [7, 11) is 1.67. The normalized spacial score (nSPS) is 10.8. The van der Waals surface area contributed by atoms with Gasteiger partial charge in [-0.1, -0.05) is 6.07 Å². The van der Waals surface area contributed by atoms with Gasteiger partial charge in [-0.05, 0) is 17.9 Å². The van der Waals surface area contributed by atoms with Gasteiger partial charge >= 0.3 is 6.03 Å². The Morgan fingerprint density at radius 2 is 2.20 bits per heavy atom. The van der Waals surface area contributed by atoms with E-state index >= 15 is 0 Å². The quantitative estimate of drug-likeness (QED) is 0.678. The van der Waals surface area contributed by atoms with Crippen LogP contribution in [0, 0.1) is 0 Å². The second-order valence-corrected chi connectivity index (χ2v) is 6.35. The van der Waals surface area contributed by atoms with Crippen molar-refractivity contribution in [2.24, 2.45) is 7.05 Å². The summed E-state index contributed by atoms with van der Waals surface area (Å²) in [5, 5.41) is 11.0. The molecule has 0 aliphatic heterocycles. The van der Waals surface area contributed by atoms with Crippen LogP contribution in [0.5, 0.6) is 0 Å². The molecule has 25 heavy (non-hydrogen) atoms. The largest absolute Gasteiger partial charge is 0.337 e. The lowest BCUT2D eigenvalue weighted by molar-refractivity contribution is -0.120. The minimum absolute atomic E-state index is 0.297. The van der Waals surface area contributed by atoms with Crippen LogP contribution in [-0.4, -0.2) is 37.8 Å². The number of amides is 3. The standard InChI is InChI=1S/C15H16N6O3S/c1-20-13-11(7-18-20)14(23)21(9-17-13)8-12(22)19-15(24)16-5-4-10-3-2-6-25-10/h2-3,6-7,9H,4-5,8H2,1H3,(H2,16,19,22,24). The molecule has 0 atom stereocenters. The van der Waals surface area contributed by atoms with Crippen LogP contribution in [0.3, 0.4) is 0 Å². The van der Waals surface area contributed by atoms with Gasteiger partial charge in [0.15, 0.2) is 5.65 Å². The third-order valence-electron chi connectivity index (χ3n) is 3.52. The molecule has 3 aromatic rings. The summed E-state index contributed by atoms with van der Waals surface area (Å²) in [6.45, 7) is 0.123. The smallest absolute Gasteiger partial charge is 0.321 e. The van der Waals surface area contributed by atoms with Crippen LogP contribution in [0.15, 0.2) is 34.8 Å². The monoisotopic (exact) mass is 360 g/mol. The molecule has 3 heterocycles. The molecule has 130 valence electrons. The molecule has 0 radical (unpaired) electrons. The molecule has 0 aliphatic rings. The number of fused-ring (bicyclic) bond motifs is 1. The lowest BCUT2D eigenvalue weighted by atomic mass is 10.3. The third kappa shape index (κ3) is 3.91. The number of nitrogens with zero attached hydrogens (tertiary/aromatic N) is 4. The Morgan fingerprint density at radius 1 is 1.36 bits per heavy atom. The van der Waals surface area contributed by atoms with Crippen LogP contribution in [0.4, 0.5) is 4.79 Å². The highest BCUT2D eigenvalue weighted by atomic mass is 32.1. The van der Waals surface area contributed by atoms with Crippen molar-refractivity contribution in [2.75, 3.05) is 6.54 Å². The Bertz CT molecular complexity index is 959. The molecule has 0 saturated carbocycles. The summed E-state index contributed by atoms with van der Waals surface area (Å²) >= 11 is 1.60. The van der Waals surface area contributed by atoms with Gasteiger partial charge in [0.1, 0.15) is 18.3 Å². The summed E-state index contributed by atoms with van der Waals surface area (Å²) < 4.78 is 2.61. The number of carbonyl (C=O) groups is 2. The van der Waals surface area contributed by atoms with Crippen molar-refractivity contribution >= 4 is 34.3 Å². The van der Waals surface area contributed by atoms with Gasteiger partial charge in [-0.3, -0.25) is 24.2 Å². The predicted molar refractivity (Wildman–Crippen MR) is 92.3 cm³/mol. The van der Waals surface area contributed by atoms with Crippen LogP contribution >= 0.6 is 11.3 Å². The van der Waals surface area contributed by atoms with Crippen LogP contribution in [0.2, 0.25) is 0 Å². The summed E-state index contributed by atoms with van der Waals surface area (Å²) in [5.74, 6) is -0.597. The maximum atomic E-state index is 12.3. The van der Waals surface area contributed by atoms with Crippen molar-refractivity contribution in [3.8, 4) is 0 Å². The van der Waals surface area contributed by atoms with Crippen molar-refractivity contribution in [1.29, 1.82) is 0 Å². The van der Waals surface area contributed by atoms with Gasteiger partial charge in [-0.15, -0.1) is 11.3 Å². The molecule has 2 N–H and O–H groups in total. The number of aromatic nitrogens is 4. The van der Waals surface area contributed by atoms with E-state index in [4.69, 9.17) is 0 Å². The number of hydrogen-bond donors (Lipinski definition) is 2. The van der Waals surface area contributed by atoms with E-state index in [9.17, 15) is 14.4 Å². The molecule has 9 nitrogen and oxygen atoms in total. The first-order valence-corrected chi connectivity index (χ1v) is 8.40. The maximum Gasteiger partial charge on any atom is 0.321 e. The van der Waals surface area contributed by atoms with Gasteiger partial charge in [-0.25, -0.2) is 9.78 Å². The molecule has 0 bridgehead atoms. The highest BCUT2D eigenvalue weighted by Crippen LogP contribution is 2.08. The van der Waals surface area contributed by atoms with E-state index in [0.717, 1.165) is 9.44 Å².